The van der Waals surface area contributed by atoms with E-state index in [1.54, 1.807) is 0 Å². The topological polar surface area (TPSA) is 63.6 Å². The molecule has 31 heavy (non-hydrogen) atoms. The Kier molecular flexibility index (Phi) is 6.27. The Morgan fingerprint density at radius 3 is 1.90 bits per heavy atom. The third-order valence-electron chi connectivity index (χ3n) is 5.62. The molecule has 3 aromatic rings. The van der Waals surface area contributed by atoms with Crippen molar-refractivity contribution in [3.63, 3.8) is 0 Å². The molecular weight excluding hydrogens is 388 g/mol. The van der Waals surface area contributed by atoms with Crippen molar-refractivity contribution in [2.45, 2.75) is 31.3 Å². The van der Waals surface area contributed by atoms with Gasteiger partial charge in [0, 0.05) is 12.3 Å². The second-order valence-electron chi connectivity index (χ2n) is 7.68. The summed E-state index contributed by atoms with van der Waals surface area (Å²) in [6, 6.07) is 29.2. The minimum absolute atomic E-state index is 0.0773. The monoisotopic (exact) mass is 412 g/mol. The zero-order chi connectivity index (χ0) is 21.6. The minimum Gasteiger partial charge on any atom is -0.507 e. The summed E-state index contributed by atoms with van der Waals surface area (Å²) in [5.74, 6) is -1.60. The number of hydrogen-bond acceptors (Lipinski definition) is 4. The highest BCUT2D eigenvalue weighted by molar-refractivity contribution is 6.19. The predicted octanol–water partition coefficient (Wildman–Crippen LogP) is 5.15. The fourth-order valence-electron chi connectivity index (χ4n) is 3.99. The van der Waals surface area contributed by atoms with Crippen LogP contribution in [0.15, 0.2) is 102 Å². The van der Waals surface area contributed by atoms with Gasteiger partial charge < -0.3 is 9.84 Å². The Morgan fingerprint density at radius 1 is 0.839 bits per heavy atom. The quantitative estimate of drug-likeness (QED) is 0.411. The van der Waals surface area contributed by atoms with Crippen LogP contribution in [0.5, 0.6) is 0 Å². The van der Waals surface area contributed by atoms with Crippen LogP contribution in [0, 0.1) is 0 Å². The summed E-state index contributed by atoms with van der Waals surface area (Å²) in [7, 11) is 0. The smallest absolute Gasteiger partial charge is 0.346 e. The molecule has 4 rings (SSSR count). The van der Waals surface area contributed by atoms with Gasteiger partial charge in [-0.1, -0.05) is 91.0 Å². The van der Waals surface area contributed by atoms with Gasteiger partial charge in [-0.15, -0.1) is 0 Å². The molecule has 1 atom stereocenters. The Bertz CT molecular complexity index is 1030. The standard InChI is InChI=1S/C27H24O4/c28-23(18-22(20-12-6-2-7-13-20)21-14-8-3-9-15-21)25-26(29)24(31-27(25)30)17-16-19-10-4-1-5-11-19/h1-15,22,24,29H,16-18H2. The highest BCUT2D eigenvalue weighted by Gasteiger charge is 2.38. The Morgan fingerprint density at radius 2 is 1.35 bits per heavy atom. The fraction of sp³-hybridized carbons (Fsp3) is 0.185. The van der Waals surface area contributed by atoms with Crippen LogP contribution in [0.4, 0.5) is 0 Å². The molecule has 0 spiro atoms. The molecule has 1 N–H and O–H groups in total. The SMILES string of the molecule is O=C(CC(c1ccccc1)c1ccccc1)C1=C(O)C(CCc2ccccc2)OC1=O. The van der Waals surface area contributed by atoms with Crippen LogP contribution in [0.25, 0.3) is 0 Å². The molecule has 0 saturated heterocycles. The molecule has 1 aliphatic rings. The summed E-state index contributed by atoms with van der Waals surface area (Å²) in [6.07, 6.45) is 0.368. The second-order valence-corrected chi connectivity index (χ2v) is 7.68. The van der Waals surface area contributed by atoms with Crippen molar-refractivity contribution >= 4 is 11.8 Å². The highest BCUT2D eigenvalue weighted by Crippen LogP contribution is 2.32. The Hall–Kier alpha value is -3.66. The number of aliphatic hydroxyl groups is 1. The summed E-state index contributed by atoms with van der Waals surface area (Å²) in [6.45, 7) is 0. The van der Waals surface area contributed by atoms with Crippen LogP contribution in [0.3, 0.4) is 0 Å². The first-order valence-electron chi connectivity index (χ1n) is 10.4. The van der Waals surface area contributed by atoms with Crippen LogP contribution in [-0.2, 0) is 20.7 Å². The Balaban J connectivity index is 1.53. The van der Waals surface area contributed by atoms with Gasteiger partial charge >= 0.3 is 5.97 Å². The molecular formula is C27H24O4. The highest BCUT2D eigenvalue weighted by atomic mass is 16.6. The number of esters is 1. The van der Waals surface area contributed by atoms with Gasteiger partial charge in [0.05, 0.1) is 0 Å². The average Bonchev–Trinajstić information content (AvgIpc) is 3.10. The number of ketones is 1. The predicted molar refractivity (Wildman–Crippen MR) is 119 cm³/mol. The molecule has 0 fully saturated rings. The van der Waals surface area contributed by atoms with Crippen molar-refractivity contribution in [3.8, 4) is 0 Å². The second kappa shape index (κ2) is 9.43. The lowest BCUT2D eigenvalue weighted by atomic mass is 9.85. The minimum atomic E-state index is -0.779. The maximum absolute atomic E-state index is 13.1. The van der Waals surface area contributed by atoms with Gasteiger partial charge in [0.1, 0.15) is 5.57 Å². The van der Waals surface area contributed by atoms with Crippen LogP contribution in [-0.4, -0.2) is 23.0 Å². The van der Waals surface area contributed by atoms with Gasteiger partial charge in [0.25, 0.3) is 0 Å². The summed E-state index contributed by atoms with van der Waals surface area (Å²) in [5, 5.41) is 10.6. The number of aryl methyl sites for hydroxylation is 1. The Labute approximate surface area is 181 Å². The first-order valence-corrected chi connectivity index (χ1v) is 10.4. The third-order valence-corrected chi connectivity index (χ3v) is 5.62. The lowest BCUT2D eigenvalue weighted by molar-refractivity contribution is -0.141. The van der Waals surface area contributed by atoms with Crippen LogP contribution >= 0.6 is 0 Å². The normalized spacial score (nSPS) is 15.9. The van der Waals surface area contributed by atoms with E-state index in [9.17, 15) is 14.7 Å². The molecule has 0 amide bonds. The number of rotatable bonds is 8. The lowest BCUT2D eigenvalue weighted by Crippen LogP contribution is -2.15. The van der Waals surface area contributed by atoms with Gasteiger partial charge in [-0.25, -0.2) is 4.79 Å². The summed E-state index contributed by atoms with van der Waals surface area (Å²) >= 11 is 0. The van der Waals surface area contributed by atoms with E-state index in [1.165, 1.54) is 0 Å². The number of ether oxygens (including phenoxy) is 1. The van der Waals surface area contributed by atoms with E-state index >= 15 is 0 Å². The maximum Gasteiger partial charge on any atom is 0.346 e. The molecule has 0 saturated carbocycles. The molecule has 1 heterocycles. The van der Waals surface area contributed by atoms with Crippen molar-refractivity contribution in [1.82, 2.24) is 0 Å². The molecule has 1 aliphatic heterocycles. The van der Waals surface area contributed by atoms with Gasteiger partial charge in [-0.2, -0.15) is 0 Å². The van der Waals surface area contributed by atoms with Crippen LogP contribution in [0.1, 0.15) is 35.4 Å². The number of carbonyl (C=O) groups is 2. The van der Waals surface area contributed by atoms with Gasteiger partial charge in [-0.05, 0) is 29.5 Å². The number of benzene rings is 3. The van der Waals surface area contributed by atoms with Crippen molar-refractivity contribution in [3.05, 3.63) is 119 Å². The van der Waals surface area contributed by atoms with E-state index in [-0.39, 0.29) is 23.7 Å². The lowest BCUT2D eigenvalue weighted by Gasteiger charge is -2.17. The van der Waals surface area contributed by atoms with E-state index in [2.05, 4.69) is 0 Å². The summed E-state index contributed by atoms with van der Waals surface area (Å²) in [5.41, 5.74) is 2.83. The molecule has 156 valence electrons. The molecule has 0 aliphatic carbocycles. The van der Waals surface area contributed by atoms with Crippen LogP contribution < -0.4 is 0 Å². The fourth-order valence-corrected chi connectivity index (χ4v) is 3.99. The van der Waals surface area contributed by atoms with Crippen LogP contribution in [0.2, 0.25) is 0 Å². The third kappa shape index (κ3) is 4.75. The first-order chi connectivity index (χ1) is 15.1. The van der Waals surface area contributed by atoms with Gasteiger partial charge in [-0.3, -0.25) is 4.79 Å². The zero-order valence-electron chi connectivity index (χ0n) is 17.1. The molecule has 4 nitrogen and oxygen atoms in total. The van der Waals surface area contributed by atoms with E-state index in [1.807, 2.05) is 91.0 Å². The maximum atomic E-state index is 13.1. The summed E-state index contributed by atoms with van der Waals surface area (Å²) in [4.78, 5) is 25.6. The van der Waals surface area contributed by atoms with E-state index in [4.69, 9.17) is 4.74 Å². The van der Waals surface area contributed by atoms with E-state index < -0.39 is 17.9 Å². The molecule has 0 radical (unpaired) electrons. The van der Waals surface area contributed by atoms with E-state index in [0.29, 0.717) is 12.8 Å². The zero-order valence-corrected chi connectivity index (χ0v) is 17.1. The number of Topliss-reactive ketones (excluding diaryl/α,β-unsaturated/α-hetero) is 1. The number of cyclic esters (lactones) is 1. The number of carbonyl (C=O) groups excluding carboxylic acids is 2. The largest absolute Gasteiger partial charge is 0.507 e. The molecule has 0 bridgehead atoms. The first kappa shape index (κ1) is 20.6. The summed E-state index contributed by atoms with van der Waals surface area (Å²) < 4.78 is 5.34. The number of aliphatic hydroxyl groups excluding tert-OH is 1. The van der Waals surface area contributed by atoms with Crippen molar-refractivity contribution in [1.29, 1.82) is 0 Å². The van der Waals surface area contributed by atoms with Gasteiger partial charge in [0.2, 0.25) is 0 Å². The molecule has 3 aromatic carbocycles. The van der Waals surface area contributed by atoms with Crippen molar-refractivity contribution < 1.29 is 19.4 Å². The number of hydrogen-bond donors (Lipinski definition) is 1. The van der Waals surface area contributed by atoms with Crippen molar-refractivity contribution in [2.24, 2.45) is 0 Å². The van der Waals surface area contributed by atoms with Gasteiger partial charge in [0.15, 0.2) is 17.6 Å². The molecule has 1 unspecified atom stereocenters. The molecule has 0 aromatic heterocycles. The molecule has 4 heteroatoms. The van der Waals surface area contributed by atoms with Crippen molar-refractivity contribution in [2.75, 3.05) is 0 Å². The average molecular weight is 412 g/mol. The van der Waals surface area contributed by atoms with E-state index in [0.717, 1.165) is 16.7 Å².